The first-order valence-electron chi connectivity index (χ1n) is 15.9. The Morgan fingerprint density at radius 3 is 1.16 bits per heavy atom. The molecule has 192 valence electrons. The van der Waals surface area contributed by atoms with Crippen LogP contribution in [0.4, 0.5) is 0 Å². The Morgan fingerprint density at radius 2 is 0.750 bits per heavy atom. The third-order valence-electron chi connectivity index (χ3n) is 8.42. The van der Waals surface area contributed by atoms with Crippen molar-refractivity contribution in [3.63, 3.8) is 0 Å². The smallest absolute Gasteiger partial charge is 0.0386 e. The Hall–Kier alpha value is 0. The predicted octanol–water partition coefficient (Wildman–Crippen LogP) is 12.2. The summed E-state index contributed by atoms with van der Waals surface area (Å²) in [6.45, 7) is 4.68. The van der Waals surface area contributed by atoms with Crippen molar-refractivity contribution in [3.8, 4) is 0 Å². The van der Waals surface area contributed by atoms with E-state index in [1.807, 2.05) is 0 Å². The maximum atomic E-state index is 2.37. The summed E-state index contributed by atoms with van der Waals surface area (Å²) in [5, 5.41) is 0. The Bertz CT molecular complexity index is 340. The van der Waals surface area contributed by atoms with Crippen LogP contribution in [-0.4, -0.2) is 0 Å². The van der Waals surface area contributed by atoms with Crippen LogP contribution in [0.25, 0.3) is 0 Å². The molecule has 0 radical (unpaired) electrons. The fraction of sp³-hybridized carbons (Fsp3) is 1.00. The van der Waals surface area contributed by atoms with Gasteiger partial charge in [0.05, 0.1) is 0 Å². The van der Waals surface area contributed by atoms with Gasteiger partial charge in [0, 0.05) is 0 Å². The van der Waals surface area contributed by atoms with Gasteiger partial charge in [-0.25, -0.2) is 0 Å². The second kappa shape index (κ2) is 24.1. The van der Waals surface area contributed by atoms with Crippen molar-refractivity contribution < 1.29 is 0 Å². The quantitative estimate of drug-likeness (QED) is 0.129. The van der Waals surface area contributed by atoms with E-state index < -0.39 is 0 Å². The molecule has 0 aromatic heterocycles. The molecule has 1 aliphatic carbocycles. The van der Waals surface area contributed by atoms with Crippen LogP contribution >= 0.6 is 0 Å². The molecule has 0 amide bonds. The Labute approximate surface area is 205 Å². The minimum Gasteiger partial charge on any atom is -0.0654 e. The molecule has 0 bridgehead atoms. The van der Waals surface area contributed by atoms with E-state index in [1.165, 1.54) is 161 Å². The number of unbranched alkanes of at least 4 members (excludes halogenated alkanes) is 19. The van der Waals surface area contributed by atoms with E-state index in [4.69, 9.17) is 0 Å². The zero-order chi connectivity index (χ0) is 23.0. The molecule has 1 aliphatic rings. The fourth-order valence-corrected chi connectivity index (χ4v) is 6.17. The first-order valence-corrected chi connectivity index (χ1v) is 15.9. The van der Waals surface area contributed by atoms with Crippen molar-refractivity contribution in [1.82, 2.24) is 0 Å². The molecule has 0 spiro atoms. The van der Waals surface area contributed by atoms with Crippen LogP contribution in [0.2, 0.25) is 0 Å². The minimum absolute atomic E-state index is 1.07. The van der Waals surface area contributed by atoms with Crippen molar-refractivity contribution in [3.05, 3.63) is 0 Å². The second-order valence-corrected chi connectivity index (χ2v) is 11.5. The standard InChI is InChI=1S/C32H64/c1-3-5-7-8-9-10-11-12-13-14-15-16-17-18-19-20-21-22-24-28-31(27-6-4-2)32-29-25-23-26-30-32/h31-32H,3-30H2,1-2H3. The van der Waals surface area contributed by atoms with Gasteiger partial charge >= 0.3 is 0 Å². The van der Waals surface area contributed by atoms with Gasteiger partial charge in [-0.15, -0.1) is 0 Å². The lowest BCUT2D eigenvalue weighted by molar-refractivity contribution is 0.216. The number of hydrogen-bond donors (Lipinski definition) is 0. The van der Waals surface area contributed by atoms with Gasteiger partial charge in [0.15, 0.2) is 0 Å². The highest BCUT2D eigenvalue weighted by Gasteiger charge is 2.22. The van der Waals surface area contributed by atoms with Crippen molar-refractivity contribution in [2.75, 3.05) is 0 Å². The molecule has 1 atom stereocenters. The van der Waals surface area contributed by atoms with Gasteiger partial charge in [0.1, 0.15) is 0 Å². The van der Waals surface area contributed by atoms with Crippen molar-refractivity contribution in [2.45, 2.75) is 194 Å². The van der Waals surface area contributed by atoms with Gasteiger partial charge in [0.2, 0.25) is 0 Å². The molecule has 0 heterocycles. The highest BCUT2D eigenvalue weighted by molar-refractivity contribution is 4.74. The molecule has 1 unspecified atom stereocenters. The molecule has 1 saturated carbocycles. The van der Waals surface area contributed by atoms with Gasteiger partial charge in [0.25, 0.3) is 0 Å². The highest BCUT2D eigenvalue weighted by atomic mass is 14.3. The molecule has 1 rings (SSSR count). The van der Waals surface area contributed by atoms with Crippen LogP contribution in [0.15, 0.2) is 0 Å². The van der Waals surface area contributed by atoms with Gasteiger partial charge < -0.3 is 0 Å². The molecule has 0 aromatic rings. The molecular weight excluding hydrogens is 384 g/mol. The van der Waals surface area contributed by atoms with E-state index in [0.29, 0.717) is 0 Å². The van der Waals surface area contributed by atoms with Crippen LogP contribution in [-0.2, 0) is 0 Å². The van der Waals surface area contributed by atoms with Gasteiger partial charge in [-0.3, -0.25) is 0 Å². The summed E-state index contributed by atoms with van der Waals surface area (Å²) in [5.74, 6) is 2.16. The average molecular weight is 449 g/mol. The van der Waals surface area contributed by atoms with Crippen LogP contribution in [0.1, 0.15) is 194 Å². The van der Waals surface area contributed by atoms with Crippen molar-refractivity contribution >= 4 is 0 Å². The maximum absolute atomic E-state index is 2.37. The molecule has 0 saturated heterocycles. The van der Waals surface area contributed by atoms with E-state index >= 15 is 0 Å². The molecule has 0 aliphatic heterocycles. The first kappa shape index (κ1) is 30.0. The van der Waals surface area contributed by atoms with Crippen LogP contribution in [0, 0.1) is 11.8 Å². The minimum atomic E-state index is 1.07. The summed E-state index contributed by atoms with van der Waals surface area (Å²) in [6, 6.07) is 0. The van der Waals surface area contributed by atoms with Gasteiger partial charge in [-0.05, 0) is 11.8 Å². The van der Waals surface area contributed by atoms with Gasteiger partial charge in [-0.1, -0.05) is 194 Å². The molecule has 0 aromatic carbocycles. The fourth-order valence-electron chi connectivity index (χ4n) is 6.17. The van der Waals surface area contributed by atoms with Crippen LogP contribution in [0.3, 0.4) is 0 Å². The third kappa shape index (κ3) is 18.4. The molecule has 0 nitrogen and oxygen atoms in total. The molecular formula is C32H64. The topological polar surface area (TPSA) is 0 Å². The zero-order valence-corrected chi connectivity index (χ0v) is 23.0. The lowest BCUT2D eigenvalue weighted by Crippen LogP contribution is -2.18. The third-order valence-corrected chi connectivity index (χ3v) is 8.42. The number of rotatable bonds is 24. The molecule has 1 fully saturated rings. The zero-order valence-electron chi connectivity index (χ0n) is 23.0. The lowest BCUT2D eigenvalue weighted by atomic mass is 9.75. The summed E-state index contributed by atoms with van der Waals surface area (Å²) >= 11 is 0. The molecule has 0 N–H and O–H groups in total. The summed E-state index contributed by atoms with van der Waals surface area (Å²) in [6.07, 6.45) is 41.8. The Morgan fingerprint density at radius 1 is 0.406 bits per heavy atom. The summed E-state index contributed by atoms with van der Waals surface area (Å²) in [5.41, 5.74) is 0. The SMILES string of the molecule is CCCCCCCCCCCCCCCCCCCCCC(CCCC)C1CCCCC1. The van der Waals surface area contributed by atoms with Crippen LogP contribution < -0.4 is 0 Å². The summed E-state index contributed by atoms with van der Waals surface area (Å²) in [7, 11) is 0. The lowest BCUT2D eigenvalue weighted by Gasteiger charge is -2.30. The van der Waals surface area contributed by atoms with E-state index in [9.17, 15) is 0 Å². The van der Waals surface area contributed by atoms with E-state index in [-0.39, 0.29) is 0 Å². The summed E-state index contributed by atoms with van der Waals surface area (Å²) < 4.78 is 0. The predicted molar refractivity (Wildman–Crippen MR) is 148 cm³/mol. The average Bonchev–Trinajstić information content (AvgIpc) is 2.83. The summed E-state index contributed by atoms with van der Waals surface area (Å²) in [4.78, 5) is 0. The first-order chi connectivity index (χ1) is 15.9. The monoisotopic (exact) mass is 449 g/mol. The van der Waals surface area contributed by atoms with E-state index in [1.54, 1.807) is 19.3 Å². The highest BCUT2D eigenvalue weighted by Crippen LogP contribution is 2.35. The Kier molecular flexibility index (Phi) is 22.7. The maximum Gasteiger partial charge on any atom is -0.0386 e. The van der Waals surface area contributed by atoms with E-state index in [2.05, 4.69) is 13.8 Å². The second-order valence-electron chi connectivity index (χ2n) is 11.5. The largest absolute Gasteiger partial charge is 0.0654 e. The van der Waals surface area contributed by atoms with Crippen molar-refractivity contribution in [1.29, 1.82) is 0 Å². The normalized spacial score (nSPS) is 15.9. The van der Waals surface area contributed by atoms with Crippen LogP contribution in [0.5, 0.6) is 0 Å². The van der Waals surface area contributed by atoms with E-state index in [0.717, 1.165) is 11.8 Å². The molecule has 0 heteroatoms. The van der Waals surface area contributed by atoms with Gasteiger partial charge in [-0.2, -0.15) is 0 Å². The Balaban J connectivity index is 1.80. The van der Waals surface area contributed by atoms with Crippen molar-refractivity contribution in [2.24, 2.45) is 11.8 Å². The number of hydrogen-bond acceptors (Lipinski definition) is 0. The molecule has 32 heavy (non-hydrogen) atoms.